The van der Waals surface area contributed by atoms with Gasteiger partial charge in [0.25, 0.3) is 0 Å². The average Bonchev–Trinajstić information content (AvgIpc) is 3.75. The van der Waals surface area contributed by atoms with Crippen molar-refractivity contribution in [2.45, 2.75) is 19.3 Å². The van der Waals surface area contributed by atoms with E-state index in [2.05, 4.69) is 211 Å². The number of fused-ring (bicyclic) bond motifs is 6. The maximum Gasteiger partial charge on any atom is 0.123 e. The molecule has 0 saturated heterocycles. The highest BCUT2D eigenvalue weighted by Crippen LogP contribution is 2.49. The fourth-order valence-corrected chi connectivity index (χ4v) is 9.39. The Balaban J connectivity index is 0.960. The lowest BCUT2D eigenvalue weighted by Gasteiger charge is -2.26. The molecule has 0 spiro atoms. The second-order valence-corrected chi connectivity index (χ2v) is 16.3. The highest BCUT2D eigenvalue weighted by molar-refractivity contribution is 6.10. The summed E-state index contributed by atoms with van der Waals surface area (Å²) in [4.78, 5) is 2.31. The van der Waals surface area contributed by atoms with Gasteiger partial charge in [0.2, 0.25) is 0 Å². The Morgan fingerprint density at radius 2 is 0.850 bits per heavy atom. The molecule has 0 saturated carbocycles. The van der Waals surface area contributed by atoms with Crippen LogP contribution >= 0.6 is 0 Å². The van der Waals surface area contributed by atoms with Crippen LogP contribution < -0.4 is 4.90 Å². The number of rotatable bonds is 7. The van der Waals surface area contributed by atoms with Crippen LogP contribution in [-0.4, -0.2) is 4.57 Å². The third-order valence-electron chi connectivity index (χ3n) is 12.5. The van der Waals surface area contributed by atoms with E-state index >= 15 is 0 Å². The van der Waals surface area contributed by atoms with Gasteiger partial charge < -0.3 is 9.47 Å². The summed E-state index contributed by atoms with van der Waals surface area (Å²) in [6.07, 6.45) is 0. The Morgan fingerprint density at radius 1 is 0.383 bits per heavy atom. The van der Waals surface area contributed by atoms with Gasteiger partial charge in [-0.15, -0.1) is 0 Å². The molecular formula is C57H41FN2. The van der Waals surface area contributed by atoms with E-state index in [1.807, 2.05) is 12.1 Å². The minimum Gasteiger partial charge on any atom is -0.311 e. The number of hydrogen-bond acceptors (Lipinski definition) is 1. The first kappa shape index (κ1) is 35.7. The summed E-state index contributed by atoms with van der Waals surface area (Å²) in [5.74, 6) is -0.235. The summed E-state index contributed by atoms with van der Waals surface area (Å²) in [5.41, 5.74) is 18.8. The topological polar surface area (TPSA) is 8.17 Å². The lowest BCUT2D eigenvalue weighted by atomic mass is 9.81. The van der Waals surface area contributed by atoms with Crippen molar-refractivity contribution in [3.63, 3.8) is 0 Å². The Morgan fingerprint density at radius 3 is 1.50 bits per heavy atom. The van der Waals surface area contributed by atoms with Gasteiger partial charge in [-0.2, -0.15) is 0 Å². The Kier molecular flexibility index (Phi) is 8.38. The van der Waals surface area contributed by atoms with Gasteiger partial charge in [-0.3, -0.25) is 0 Å². The van der Waals surface area contributed by atoms with Crippen LogP contribution in [-0.2, 0) is 5.41 Å². The predicted octanol–water partition coefficient (Wildman–Crippen LogP) is 15.7. The molecule has 9 aromatic carbocycles. The third-order valence-corrected chi connectivity index (χ3v) is 12.5. The molecule has 0 bridgehead atoms. The van der Waals surface area contributed by atoms with Crippen LogP contribution in [0, 0.1) is 5.82 Å². The standard InChI is InChI=1S/C57H41FN2/c1-57(2)53-14-8-6-12-49(53)50-34-24-43(37-54(50)57)41-22-32-48(33-23-41)59(46-28-18-39(19-29-46)38-16-26-44(58)27-17-38)47-30-20-40(21-31-47)42-25-35-56-52(36-42)51-13-7-9-15-55(51)60(56)45-10-4-3-5-11-45/h3-37H,1-2H3. The van der Waals surface area contributed by atoms with Crippen molar-refractivity contribution in [2.24, 2.45) is 0 Å². The quantitative estimate of drug-likeness (QED) is 0.157. The Labute approximate surface area is 350 Å². The van der Waals surface area contributed by atoms with Gasteiger partial charge in [0, 0.05) is 38.9 Å². The van der Waals surface area contributed by atoms with E-state index in [4.69, 9.17) is 0 Å². The van der Waals surface area contributed by atoms with Crippen molar-refractivity contribution in [1.82, 2.24) is 4.57 Å². The monoisotopic (exact) mass is 772 g/mol. The number of anilines is 3. The summed E-state index contributed by atoms with van der Waals surface area (Å²) >= 11 is 0. The van der Waals surface area contributed by atoms with Crippen LogP contribution in [0.25, 0.3) is 72.0 Å². The van der Waals surface area contributed by atoms with Crippen molar-refractivity contribution in [2.75, 3.05) is 4.90 Å². The normalized spacial score (nSPS) is 12.7. The molecule has 0 N–H and O–H groups in total. The van der Waals surface area contributed by atoms with Crippen LogP contribution in [0.1, 0.15) is 25.0 Å². The van der Waals surface area contributed by atoms with Crippen molar-refractivity contribution < 1.29 is 4.39 Å². The van der Waals surface area contributed by atoms with Gasteiger partial charge in [-0.25, -0.2) is 4.39 Å². The molecule has 0 amide bonds. The maximum absolute atomic E-state index is 13.8. The largest absolute Gasteiger partial charge is 0.311 e. The first-order valence-corrected chi connectivity index (χ1v) is 20.6. The lowest BCUT2D eigenvalue weighted by Crippen LogP contribution is -2.14. The molecule has 3 heteroatoms. The molecule has 0 unspecified atom stereocenters. The van der Waals surface area contributed by atoms with E-state index < -0.39 is 0 Å². The maximum atomic E-state index is 13.8. The molecule has 1 aliphatic rings. The van der Waals surface area contributed by atoms with Gasteiger partial charge in [0.1, 0.15) is 5.82 Å². The van der Waals surface area contributed by atoms with Gasteiger partial charge in [0.05, 0.1) is 11.0 Å². The fourth-order valence-electron chi connectivity index (χ4n) is 9.39. The number of halogens is 1. The van der Waals surface area contributed by atoms with Gasteiger partial charge in [-0.05, 0) is 141 Å². The summed E-state index contributed by atoms with van der Waals surface area (Å²) in [6, 6.07) is 74.8. The third kappa shape index (κ3) is 5.93. The molecule has 0 radical (unpaired) electrons. The summed E-state index contributed by atoms with van der Waals surface area (Å²) in [6.45, 7) is 4.66. The van der Waals surface area contributed by atoms with E-state index in [-0.39, 0.29) is 11.2 Å². The summed E-state index contributed by atoms with van der Waals surface area (Å²) in [5, 5.41) is 2.47. The highest BCUT2D eigenvalue weighted by Gasteiger charge is 2.35. The number of nitrogens with zero attached hydrogens (tertiary/aromatic N) is 2. The molecule has 1 aromatic heterocycles. The minimum absolute atomic E-state index is 0.0578. The number of aromatic nitrogens is 1. The number of benzene rings is 9. The van der Waals surface area contributed by atoms with Crippen molar-refractivity contribution in [3.8, 4) is 50.2 Å². The van der Waals surface area contributed by atoms with Crippen LogP contribution in [0.5, 0.6) is 0 Å². The molecule has 286 valence electrons. The summed E-state index contributed by atoms with van der Waals surface area (Å²) in [7, 11) is 0. The zero-order valence-corrected chi connectivity index (χ0v) is 33.5. The van der Waals surface area contributed by atoms with Gasteiger partial charge in [-0.1, -0.05) is 141 Å². The van der Waals surface area contributed by atoms with E-state index in [0.717, 1.165) is 39.4 Å². The first-order valence-electron chi connectivity index (χ1n) is 20.6. The molecule has 0 aliphatic heterocycles. The van der Waals surface area contributed by atoms with Crippen LogP contribution in [0.3, 0.4) is 0 Å². The Hall–Kier alpha value is -7.49. The molecule has 11 rings (SSSR count). The highest BCUT2D eigenvalue weighted by atomic mass is 19.1. The van der Waals surface area contributed by atoms with E-state index in [1.54, 1.807) is 0 Å². The SMILES string of the molecule is CC1(C)c2ccccc2-c2ccc(-c3ccc(N(c4ccc(-c5ccc(F)cc5)cc4)c4ccc(-c5ccc6c(c5)c5ccccc5n6-c5ccccc5)cc4)cc3)cc21. The number of para-hydroxylation sites is 2. The lowest BCUT2D eigenvalue weighted by molar-refractivity contribution is 0.628. The molecule has 1 heterocycles. The molecule has 60 heavy (non-hydrogen) atoms. The predicted molar refractivity (Wildman–Crippen MR) is 249 cm³/mol. The Bertz CT molecular complexity index is 3200. The average molecular weight is 773 g/mol. The van der Waals surface area contributed by atoms with Crippen molar-refractivity contribution in [1.29, 1.82) is 0 Å². The first-order chi connectivity index (χ1) is 29.4. The molecular weight excluding hydrogens is 732 g/mol. The number of hydrogen-bond donors (Lipinski definition) is 0. The zero-order chi connectivity index (χ0) is 40.4. The second kappa shape index (κ2) is 14.1. The van der Waals surface area contributed by atoms with E-state index in [0.29, 0.717) is 0 Å². The fraction of sp³-hybridized carbons (Fsp3) is 0.0526. The van der Waals surface area contributed by atoms with E-state index in [9.17, 15) is 4.39 Å². The molecule has 10 aromatic rings. The molecule has 2 nitrogen and oxygen atoms in total. The van der Waals surface area contributed by atoms with Crippen molar-refractivity contribution in [3.05, 3.63) is 229 Å². The molecule has 0 atom stereocenters. The zero-order valence-electron chi connectivity index (χ0n) is 33.5. The molecule has 0 fully saturated rings. The minimum atomic E-state index is -0.235. The second-order valence-electron chi connectivity index (χ2n) is 16.3. The van der Waals surface area contributed by atoms with E-state index in [1.165, 1.54) is 72.9 Å². The van der Waals surface area contributed by atoms with Gasteiger partial charge in [0.15, 0.2) is 0 Å². The van der Waals surface area contributed by atoms with Crippen LogP contribution in [0.2, 0.25) is 0 Å². The summed E-state index contributed by atoms with van der Waals surface area (Å²) < 4.78 is 16.1. The van der Waals surface area contributed by atoms with Crippen LogP contribution in [0.15, 0.2) is 212 Å². The van der Waals surface area contributed by atoms with Gasteiger partial charge >= 0.3 is 0 Å². The van der Waals surface area contributed by atoms with Crippen LogP contribution in [0.4, 0.5) is 21.5 Å². The molecule has 1 aliphatic carbocycles. The smallest absolute Gasteiger partial charge is 0.123 e. The van der Waals surface area contributed by atoms with Crippen molar-refractivity contribution >= 4 is 38.9 Å².